The molecule has 0 aliphatic carbocycles. The van der Waals surface area contributed by atoms with Gasteiger partial charge in [-0.1, -0.05) is 72.3 Å². The Bertz CT molecular complexity index is 2260. The van der Waals surface area contributed by atoms with Crippen molar-refractivity contribution in [2.45, 2.75) is 24.8 Å². The molecule has 12 heteroatoms. The van der Waals surface area contributed by atoms with Crippen LogP contribution in [0.25, 0.3) is 21.3 Å². The Hall–Kier alpha value is -5.30. The number of rotatable bonds is 12. The summed E-state index contributed by atoms with van der Waals surface area (Å²) in [6.45, 7) is 0.738. The first-order chi connectivity index (χ1) is 24.0. The molecule has 0 radical (unpaired) electrons. The molecule has 10 nitrogen and oxygen atoms in total. The molecule has 0 fully saturated rings. The first kappa shape index (κ1) is 34.6. The van der Waals surface area contributed by atoms with Crippen molar-refractivity contribution in [1.82, 2.24) is 15.6 Å². The van der Waals surface area contributed by atoms with Gasteiger partial charge in [0.25, 0.3) is 5.91 Å². The van der Waals surface area contributed by atoms with E-state index in [1.807, 2.05) is 18.2 Å². The Labute approximate surface area is 295 Å². The van der Waals surface area contributed by atoms with Crippen LogP contribution in [-0.2, 0) is 23.5 Å². The second kappa shape index (κ2) is 14.7. The smallest absolute Gasteiger partial charge is 0.345 e. The highest BCUT2D eigenvalue weighted by Crippen LogP contribution is 2.35. The number of carboxylic acids is 1. The normalized spacial score (nSPS) is 13.1. The predicted octanol–water partition coefficient (Wildman–Crippen LogP) is 5.69. The first-order valence-electron chi connectivity index (χ1n) is 15.6. The number of H-pyrrole nitrogens is 1. The maximum absolute atomic E-state index is 13.0. The molecule has 2 unspecified atom stereocenters. The van der Waals surface area contributed by atoms with Gasteiger partial charge in [0.05, 0.1) is 18.2 Å². The molecule has 1 amide bonds. The number of hydrogen-bond acceptors (Lipinski definition) is 8. The van der Waals surface area contributed by atoms with Crippen LogP contribution in [0.2, 0.25) is 5.02 Å². The number of aliphatic hydroxyl groups is 2. The molecule has 254 valence electrons. The number of aliphatic carboxylic acids is 1. The number of nitrogens with one attached hydrogen (secondary N) is 3. The molecule has 0 saturated heterocycles. The molecule has 0 saturated carbocycles. The average Bonchev–Trinajstić information content (AvgIpc) is 3.61. The number of carboxylic acid groups (broad SMARTS) is 1. The summed E-state index contributed by atoms with van der Waals surface area (Å²) in [4.78, 5) is 41.2. The number of fused-ring (bicyclic) bond motifs is 1. The van der Waals surface area contributed by atoms with Crippen LogP contribution in [0.4, 0.5) is 0 Å². The quantitative estimate of drug-likeness (QED) is 0.0850. The molecule has 6 aromatic rings. The summed E-state index contributed by atoms with van der Waals surface area (Å²) >= 11 is 7.95. The van der Waals surface area contributed by atoms with E-state index in [9.17, 15) is 34.8 Å². The van der Waals surface area contributed by atoms with E-state index < -0.39 is 17.7 Å². The minimum absolute atomic E-state index is 0.0864. The zero-order chi connectivity index (χ0) is 35.4. The van der Waals surface area contributed by atoms with E-state index >= 15 is 0 Å². The van der Waals surface area contributed by atoms with Crippen LogP contribution in [0.3, 0.4) is 0 Å². The van der Waals surface area contributed by atoms with Gasteiger partial charge in [-0.25, -0.2) is 4.79 Å². The summed E-state index contributed by atoms with van der Waals surface area (Å²) in [6, 6.07) is 29.7. The molecule has 50 heavy (non-hydrogen) atoms. The number of aromatic amines is 1. The number of thiophene rings is 1. The third-order valence-electron chi connectivity index (χ3n) is 8.38. The van der Waals surface area contributed by atoms with Gasteiger partial charge in [-0.15, -0.1) is 11.3 Å². The van der Waals surface area contributed by atoms with Crippen molar-refractivity contribution in [2.75, 3.05) is 6.54 Å². The number of amides is 1. The van der Waals surface area contributed by atoms with Crippen LogP contribution in [0.5, 0.6) is 5.75 Å². The summed E-state index contributed by atoms with van der Waals surface area (Å²) < 4.78 is 0. The molecular weight excluding hydrogens is 678 g/mol. The molecule has 2 atom stereocenters. The summed E-state index contributed by atoms with van der Waals surface area (Å²) in [7, 11) is 0. The van der Waals surface area contributed by atoms with Gasteiger partial charge in [0.2, 0.25) is 11.2 Å². The molecular formula is C38H32ClN3O7S. The lowest BCUT2D eigenvalue weighted by atomic mass is 9.85. The van der Waals surface area contributed by atoms with Crippen molar-refractivity contribution < 1.29 is 30.0 Å². The van der Waals surface area contributed by atoms with Crippen LogP contribution in [-0.4, -0.2) is 43.8 Å². The Kier molecular flexibility index (Phi) is 10.1. The van der Waals surface area contributed by atoms with E-state index in [0.29, 0.717) is 28.1 Å². The maximum Gasteiger partial charge on any atom is 0.345 e. The lowest BCUT2D eigenvalue weighted by molar-refractivity contribution is -0.155. The zero-order valence-electron chi connectivity index (χ0n) is 26.4. The van der Waals surface area contributed by atoms with Gasteiger partial charge >= 0.3 is 5.97 Å². The number of carbonyl (C=O) groups excluding carboxylic acids is 1. The van der Waals surface area contributed by atoms with Gasteiger partial charge in [-0.05, 0) is 64.7 Å². The minimum Gasteiger partial charge on any atom is -0.506 e. The van der Waals surface area contributed by atoms with Crippen molar-refractivity contribution in [3.63, 3.8) is 0 Å². The zero-order valence-corrected chi connectivity index (χ0v) is 28.0. The van der Waals surface area contributed by atoms with Crippen LogP contribution in [0, 0.1) is 0 Å². The number of aliphatic hydroxyl groups excluding tert-OH is 1. The second-order valence-corrected chi connectivity index (χ2v) is 13.2. The standard InChI is InChI=1S/C38H32ClN3O7S/c39-30-18-23(9-10-24(30)19-40-21-32(44)28-12-14-31(43)35-29(28)13-16-34(45)42-35)36(46)41-20-27-11-15-33(50-27)22-5-4-8-26(17-22)38(49,37(47)48)25-6-2-1-3-7-25/h1-18,32,40,43-44,49H,19-21H2,(H,41,46)(H,42,45)(H,47,48). The molecule has 2 aromatic heterocycles. The summed E-state index contributed by atoms with van der Waals surface area (Å²) in [5, 5.41) is 49.1. The van der Waals surface area contributed by atoms with E-state index in [-0.39, 0.29) is 46.9 Å². The number of carbonyl (C=O) groups is 2. The Morgan fingerprint density at radius 2 is 1.66 bits per heavy atom. The average molecular weight is 710 g/mol. The number of benzene rings is 4. The topological polar surface area (TPSA) is 172 Å². The lowest BCUT2D eigenvalue weighted by Gasteiger charge is -2.25. The van der Waals surface area contributed by atoms with Crippen molar-refractivity contribution in [3.8, 4) is 16.2 Å². The van der Waals surface area contributed by atoms with Crippen LogP contribution in [0.15, 0.2) is 114 Å². The number of phenolic OH excluding ortho intramolecular Hbond substituents is 1. The van der Waals surface area contributed by atoms with E-state index in [1.165, 1.54) is 23.5 Å². The van der Waals surface area contributed by atoms with Crippen molar-refractivity contribution >= 4 is 45.7 Å². The highest BCUT2D eigenvalue weighted by Gasteiger charge is 2.40. The monoisotopic (exact) mass is 709 g/mol. The fraction of sp³-hybridized carbons (Fsp3) is 0.132. The molecule has 6 rings (SSSR count). The van der Waals surface area contributed by atoms with E-state index in [1.54, 1.807) is 78.9 Å². The van der Waals surface area contributed by atoms with E-state index in [4.69, 9.17) is 11.6 Å². The first-order valence-corrected chi connectivity index (χ1v) is 16.7. The Balaban J connectivity index is 1.06. The fourth-order valence-corrected chi connectivity index (χ4v) is 6.91. The van der Waals surface area contributed by atoms with E-state index in [2.05, 4.69) is 15.6 Å². The molecule has 2 heterocycles. The molecule has 0 aliphatic heterocycles. The summed E-state index contributed by atoms with van der Waals surface area (Å²) in [6.07, 6.45) is -0.934. The summed E-state index contributed by atoms with van der Waals surface area (Å²) in [5.74, 6) is -1.78. The third-order valence-corrected chi connectivity index (χ3v) is 9.87. The van der Waals surface area contributed by atoms with Crippen molar-refractivity contribution in [3.05, 3.63) is 157 Å². The lowest BCUT2D eigenvalue weighted by Crippen LogP contribution is -2.36. The number of aromatic hydroxyl groups is 1. The fourth-order valence-electron chi connectivity index (χ4n) is 5.72. The van der Waals surface area contributed by atoms with Gasteiger partial charge in [-0.3, -0.25) is 9.59 Å². The number of phenols is 1. The number of aromatic nitrogens is 1. The van der Waals surface area contributed by atoms with Gasteiger partial charge in [-0.2, -0.15) is 0 Å². The Morgan fingerprint density at radius 3 is 2.42 bits per heavy atom. The summed E-state index contributed by atoms with van der Waals surface area (Å²) in [5.41, 5.74) is 0.538. The molecule has 7 N–H and O–H groups in total. The maximum atomic E-state index is 13.0. The van der Waals surface area contributed by atoms with Gasteiger partial charge in [0.15, 0.2) is 0 Å². The van der Waals surface area contributed by atoms with Crippen molar-refractivity contribution in [2.24, 2.45) is 0 Å². The van der Waals surface area contributed by atoms with Crippen LogP contribution in [0.1, 0.15) is 43.6 Å². The SMILES string of the molecule is O=C(NCc1ccc(-c2cccc(C(O)(C(=O)O)c3ccccc3)c2)s1)c1ccc(CNCC(O)c2ccc(O)c3[nH]c(=O)ccc23)c(Cl)c1. The molecule has 4 aromatic carbocycles. The van der Waals surface area contributed by atoms with Gasteiger partial charge in [0, 0.05) is 50.4 Å². The molecule has 0 bridgehead atoms. The second-order valence-electron chi connectivity index (χ2n) is 11.6. The van der Waals surface area contributed by atoms with Crippen molar-refractivity contribution in [1.29, 1.82) is 0 Å². The highest BCUT2D eigenvalue weighted by molar-refractivity contribution is 7.15. The van der Waals surface area contributed by atoms with E-state index in [0.717, 1.165) is 20.9 Å². The predicted molar refractivity (Wildman–Crippen MR) is 192 cm³/mol. The minimum atomic E-state index is -2.22. The van der Waals surface area contributed by atoms with Gasteiger partial charge in [0.1, 0.15) is 5.75 Å². The van der Waals surface area contributed by atoms with Crippen LogP contribution < -0.4 is 16.2 Å². The third kappa shape index (κ3) is 7.18. The van der Waals surface area contributed by atoms with Gasteiger partial charge < -0.3 is 36.0 Å². The Morgan fingerprint density at radius 1 is 0.880 bits per heavy atom. The largest absolute Gasteiger partial charge is 0.506 e. The number of halogens is 1. The number of hydrogen-bond donors (Lipinski definition) is 7. The molecule has 0 spiro atoms. The highest BCUT2D eigenvalue weighted by atomic mass is 35.5. The molecule has 0 aliphatic rings. The van der Waals surface area contributed by atoms with Crippen LogP contribution >= 0.6 is 22.9 Å². The number of pyridine rings is 1.